The van der Waals surface area contributed by atoms with Gasteiger partial charge in [0.15, 0.2) is 22.8 Å². The zero-order valence-electron chi connectivity index (χ0n) is 25.0. The van der Waals surface area contributed by atoms with Crippen molar-refractivity contribution in [1.29, 1.82) is 0 Å². The van der Waals surface area contributed by atoms with Crippen LogP contribution in [0.3, 0.4) is 0 Å². The van der Waals surface area contributed by atoms with Crippen molar-refractivity contribution >= 4 is 23.1 Å². The third-order valence-electron chi connectivity index (χ3n) is 9.53. The predicted molar refractivity (Wildman–Crippen MR) is 155 cm³/mol. The van der Waals surface area contributed by atoms with Crippen LogP contribution in [-0.2, 0) is 19.1 Å². The van der Waals surface area contributed by atoms with Crippen molar-refractivity contribution in [3.8, 4) is 34.1 Å². The summed E-state index contributed by atoms with van der Waals surface area (Å²) in [6.07, 6.45) is -4.82. The molecule has 2 aromatic rings. The number of rotatable bonds is 3. The molecule has 0 spiro atoms. The molecule has 2 aromatic carbocycles. The average molecular weight is 611 g/mol. The second-order valence-corrected chi connectivity index (χ2v) is 12.1. The van der Waals surface area contributed by atoms with Crippen molar-refractivity contribution in [3.63, 3.8) is 0 Å². The number of ether oxygens (including phenoxy) is 4. The fraction of sp³-hybridized carbons (Fsp3) is 0.438. The van der Waals surface area contributed by atoms with Gasteiger partial charge in [-0.25, -0.2) is 0 Å². The lowest BCUT2D eigenvalue weighted by atomic mass is 9.73. The van der Waals surface area contributed by atoms with E-state index in [0.29, 0.717) is 11.1 Å². The number of benzene rings is 2. The monoisotopic (exact) mass is 610 g/mol. The predicted octanol–water partition coefficient (Wildman–Crippen LogP) is 2.92. The number of hydrogen-bond acceptors (Lipinski definition) is 12. The zero-order chi connectivity index (χ0) is 32.2. The number of aliphatic hydroxyl groups excluding tert-OH is 4. The summed E-state index contributed by atoms with van der Waals surface area (Å²) in [6.45, 7) is 6.15. The van der Waals surface area contributed by atoms with E-state index in [4.69, 9.17) is 18.9 Å². The standard InChI is InChI=1S/C32H34O12/c1-11-7-15-21(27(37)23-13(33)9-17(41-5)29(39)31(23,3)43-15)25(35)19(11)20-12(2)8-16-22(26(20)36)28(38)24-14(34)10-18(42-6)30(40)32(24,4)44-16/h7-8,17-18,29-30,35-40H,9-10H2,1-6H3/t17-,18-,29-,30-,31+,32+/m0/s1. The zero-order valence-corrected chi connectivity index (χ0v) is 25.0. The maximum absolute atomic E-state index is 13.1. The van der Waals surface area contributed by atoms with E-state index in [1.165, 1.54) is 40.2 Å². The summed E-state index contributed by atoms with van der Waals surface area (Å²) in [4.78, 5) is 26.3. The maximum atomic E-state index is 13.1. The Labute approximate surface area is 252 Å². The highest BCUT2D eigenvalue weighted by molar-refractivity contribution is 6.08. The van der Waals surface area contributed by atoms with Crippen LogP contribution in [0.25, 0.3) is 22.6 Å². The number of methoxy groups -OCH3 is 2. The second kappa shape index (κ2) is 9.70. The van der Waals surface area contributed by atoms with Crippen LogP contribution in [0.4, 0.5) is 0 Å². The Bertz CT molecular complexity index is 1590. The smallest absolute Gasteiger partial charge is 0.169 e. The summed E-state index contributed by atoms with van der Waals surface area (Å²) in [7, 11) is 2.71. The molecule has 0 radical (unpaired) electrons. The number of Topliss-reactive ketones (excluding diaryl/α,β-unsaturated/α-hetero) is 2. The van der Waals surface area contributed by atoms with E-state index in [1.54, 1.807) is 13.8 Å². The maximum Gasteiger partial charge on any atom is 0.169 e. The lowest BCUT2D eigenvalue weighted by molar-refractivity contribution is -0.144. The molecule has 234 valence electrons. The van der Waals surface area contributed by atoms with Crippen molar-refractivity contribution in [1.82, 2.24) is 0 Å². The molecule has 6 N–H and O–H groups in total. The Kier molecular flexibility index (Phi) is 6.60. The van der Waals surface area contributed by atoms with E-state index in [2.05, 4.69) is 0 Å². The lowest BCUT2D eigenvalue weighted by Crippen LogP contribution is -2.60. The number of carbonyl (C=O) groups is 2. The van der Waals surface area contributed by atoms with Gasteiger partial charge in [0.2, 0.25) is 0 Å². The first-order valence-corrected chi connectivity index (χ1v) is 14.1. The molecule has 2 fully saturated rings. The molecule has 2 saturated carbocycles. The highest BCUT2D eigenvalue weighted by Crippen LogP contribution is 2.56. The molecular weight excluding hydrogens is 576 g/mol. The lowest BCUT2D eigenvalue weighted by Gasteiger charge is -2.46. The summed E-state index contributed by atoms with van der Waals surface area (Å²) in [6, 6.07) is 2.98. The van der Waals surface area contributed by atoms with Crippen LogP contribution in [0.5, 0.6) is 23.0 Å². The number of aromatic hydroxyl groups is 2. The topological polar surface area (TPSA) is 192 Å². The third-order valence-corrected chi connectivity index (χ3v) is 9.53. The fourth-order valence-electron chi connectivity index (χ4n) is 7.23. The third kappa shape index (κ3) is 3.71. The minimum Gasteiger partial charge on any atom is -0.506 e. The Morgan fingerprint density at radius 1 is 0.682 bits per heavy atom. The van der Waals surface area contributed by atoms with E-state index < -0.39 is 70.2 Å². The molecule has 2 aliphatic heterocycles. The van der Waals surface area contributed by atoms with Gasteiger partial charge in [-0.05, 0) is 51.0 Å². The van der Waals surface area contributed by atoms with Crippen molar-refractivity contribution in [3.05, 3.63) is 45.5 Å². The number of phenolic OH excluding ortho intramolecular Hbond substituents is 2. The normalized spacial score (nSPS) is 31.1. The largest absolute Gasteiger partial charge is 0.506 e. The van der Waals surface area contributed by atoms with E-state index in [1.807, 2.05) is 0 Å². The van der Waals surface area contributed by atoms with Gasteiger partial charge >= 0.3 is 0 Å². The van der Waals surface area contributed by atoms with Crippen molar-refractivity contribution in [2.45, 2.75) is 76.2 Å². The molecule has 0 unspecified atom stereocenters. The van der Waals surface area contributed by atoms with E-state index in [-0.39, 0.29) is 57.7 Å². The van der Waals surface area contributed by atoms with E-state index in [9.17, 15) is 40.2 Å². The molecule has 0 saturated heterocycles. The minimum atomic E-state index is -1.67. The van der Waals surface area contributed by atoms with E-state index >= 15 is 0 Å². The molecule has 2 heterocycles. The van der Waals surface area contributed by atoms with Gasteiger partial charge in [0, 0.05) is 38.2 Å². The minimum absolute atomic E-state index is 0.00948. The summed E-state index contributed by atoms with van der Waals surface area (Å²) in [5.41, 5.74) is -3.35. The highest BCUT2D eigenvalue weighted by atomic mass is 16.5. The molecule has 44 heavy (non-hydrogen) atoms. The first-order valence-electron chi connectivity index (χ1n) is 14.1. The fourth-order valence-corrected chi connectivity index (χ4v) is 7.23. The summed E-state index contributed by atoms with van der Waals surface area (Å²) in [5.74, 6) is -3.30. The van der Waals surface area contributed by atoms with Gasteiger partial charge in [-0.15, -0.1) is 0 Å². The first kappa shape index (κ1) is 29.9. The van der Waals surface area contributed by atoms with Crippen LogP contribution in [0, 0.1) is 13.8 Å². The van der Waals surface area contributed by atoms with Crippen LogP contribution >= 0.6 is 0 Å². The second-order valence-electron chi connectivity index (χ2n) is 12.1. The molecule has 0 aromatic heterocycles. The Morgan fingerprint density at radius 3 is 1.34 bits per heavy atom. The molecule has 12 nitrogen and oxygen atoms in total. The molecule has 4 aliphatic rings. The number of aryl methyl sites for hydroxylation is 2. The number of phenols is 2. The summed E-state index contributed by atoms with van der Waals surface area (Å²) in [5, 5.41) is 68.1. The molecule has 2 aliphatic carbocycles. The van der Waals surface area contributed by atoms with Crippen LogP contribution in [-0.4, -0.2) is 92.0 Å². The van der Waals surface area contributed by atoms with Crippen LogP contribution in [0.1, 0.15) is 48.9 Å². The number of hydrogen-bond donors (Lipinski definition) is 6. The van der Waals surface area contributed by atoms with Crippen LogP contribution < -0.4 is 9.47 Å². The van der Waals surface area contributed by atoms with Gasteiger partial charge in [0.05, 0.1) is 23.4 Å². The Balaban J connectivity index is 1.56. The Morgan fingerprint density at radius 2 is 1.02 bits per heavy atom. The molecule has 6 atom stereocenters. The van der Waals surface area contributed by atoms with Gasteiger partial charge in [-0.2, -0.15) is 0 Å². The molecular formula is C32H34O12. The molecule has 0 amide bonds. The number of fused-ring (bicyclic) bond motifs is 4. The molecule has 0 bridgehead atoms. The van der Waals surface area contributed by atoms with Gasteiger partial charge in [-0.3, -0.25) is 9.59 Å². The first-order chi connectivity index (χ1) is 20.6. The van der Waals surface area contributed by atoms with Gasteiger partial charge in [-0.1, -0.05) is 0 Å². The highest BCUT2D eigenvalue weighted by Gasteiger charge is 2.57. The van der Waals surface area contributed by atoms with Gasteiger partial charge in [0.25, 0.3) is 0 Å². The van der Waals surface area contributed by atoms with Crippen molar-refractivity contribution in [2.75, 3.05) is 14.2 Å². The summed E-state index contributed by atoms with van der Waals surface area (Å²) >= 11 is 0. The summed E-state index contributed by atoms with van der Waals surface area (Å²) < 4.78 is 22.8. The van der Waals surface area contributed by atoms with Gasteiger partial charge < -0.3 is 49.6 Å². The quantitative estimate of drug-likeness (QED) is 0.298. The van der Waals surface area contributed by atoms with Crippen molar-refractivity contribution in [2.24, 2.45) is 0 Å². The average Bonchev–Trinajstić information content (AvgIpc) is 2.93. The Hall–Kier alpha value is -4.10. The van der Waals surface area contributed by atoms with E-state index in [0.717, 1.165) is 0 Å². The van der Waals surface area contributed by atoms with Crippen LogP contribution in [0.15, 0.2) is 23.3 Å². The number of carbonyl (C=O) groups excluding carboxylic acids is 2. The number of aliphatic hydroxyl groups is 4. The SMILES string of the molecule is CO[C@H]1CC(=O)C2=C(O)c3c(cc(C)c(-c4c(C)cc5c(c4O)C(O)=C4C(=O)C[C@H](OC)[C@H](O)[C@]4(C)O5)c3O)O[C@@]2(C)[C@H]1O. The molecule has 6 rings (SSSR count). The molecule has 12 heteroatoms. The van der Waals surface area contributed by atoms with Crippen LogP contribution in [0.2, 0.25) is 0 Å². The number of ketones is 2. The van der Waals surface area contributed by atoms with Crippen molar-refractivity contribution < 1.29 is 59.2 Å². The van der Waals surface area contributed by atoms with Gasteiger partial charge in [0.1, 0.15) is 57.9 Å².